The van der Waals surface area contributed by atoms with Crippen molar-refractivity contribution < 1.29 is 14.8 Å². The Morgan fingerprint density at radius 1 is 0.571 bits per heavy atom. The van der Waals surface area contributed by atoms with Crippen molar-refractivity contribution in [2.24, 2.45) is 0 Å². The largest absolute Gasteiger partial charge is 0.304 e. The van der Waals surface area contributed by atoms with E-state index in [1.807, 2.05) is 0 Å². The Morgan fingerprint density at radius 3 is 1.39 bits per heavy atom. The van der Waals surface area contributed by atoms with Gasteiger partial charge >= 0.3 is 0 Å². The van der Waals surface area contributed by atoms with E-state index < -0.39 is 14.8 Å². The highest BCUT2D eigenvalue weighted by atomic mass is 16.6. The number of para-hydroxylation sites is 2. The number of nitrogens with zero attached hydrogens (tertiary/aromatic N) is 4. The van der Waals surface area contributed by atoms with Gasteiger partial charge in [0.2, 0.25) is 0 Å². The molecular formula is C18H12N4O6. The number of rotatable bonds is 6. The van der Waals surface area contributed by atoms with Crippen LogP contribution >= 0.6 is 0 Å². The number of nitro groups is 3. The van der Waals surface area contributed by atoms with Crippen molar-refractivity contribution in [3.63, 3.8) is 0 Å². The van der Waals surface area contributed by atoms with E-state index in [9.17, 15) is 30.3 Å². The number of anilines is 3. The summed E-state index contributed by atoms with van der Waals surface area (Å²) in [6.07, 6.45) is 0. The molecule has 0 N–H and O–H groups in total. The topological polar surface area (TPSA) is 133 Å². The molecule has 0 atom stereocenters. The zero-order valence-corrected chi connectivity index (χ0v) is 14.2. The molecule has 0 saturated heterocycles. The van der Waals surface area contributed by atoms with Gasteiger partial charge in [-0.1, -0.05) is 12.1 Å². The lowest BCUT2D eigenvalue weighted by Crippen LogP contribution is -2.12. The van der Waals surface area contributed by atoms with Gasteiger partial charge in [0.15, 0.2) is 0 Å². The van der Waals surface area contributed by atoms with E-state index in [1.54, 1.807) is 6.07 Å². The van der Waals surface area contributed by atoms with Crippen LogP contribution in [0.1, 0.15) is 0 Å². The third-order valence-corrected chi connectivity index (χ3v) is 3.96. The van der Waals surface area contributed by atoms with Crippen molar-refractivity contribution in [3.05, 3.63) is 103 Å². The Labute approximate surface area is 157 Å². The molecule has 0 spiro atoms. The van der Waals surface area contributed by atoms with Crippen molar-refractivity contribution in [1.82, 2.24) is 0 Å². The molecule has 140 valence electrons. The number of benzene rings is 3. The van der Waals surface area contributed by atoms with Gasteiger partial charge in [0.05, 0.1) is 14.8 Å². The highest BCUT2D eigenvalue weighted by Crippen LogP contribution is 2.40. The molecule has 0 bridgehead atoms. The third-order valence-electron chi connectivity index (χ3n) is 3.96. The molecule has 0 aliphatic carbocycles. The van der Waals surface area contributed by atoms with Crippen LogP contribution in [0.3, 0.4) is 0 Å². The van der Waals surface area contributed by atoms with E-state index in [0.717, 1.165) is 0 Å². The lowest BCUT2D eigenvalue weighted by molar-refractivity contribution is -0.385. The highest BCUT2D eigenvalue weighted by molar-refractivity contribution is 5.82. The summed E-state index contributed by atoms with van der Waals surface area (Å²) in [5.74, 6) is 0. The van der Waals surface area contributed by atoms with Crippen molar-refractivity contribution in [2.75, 3.05) is 4.90 Å². The Kier molecular flexibility index (Phi) is 4.94. The van der Waals surface area contributed by atoms with E-state index >= 15 is 0 Å². The first-order valence-corrected chi connectivity index (χ1v) is 7.91. The van der Waals surface area contributed by atoms with Crippen molar-refractivity contribution in [3.8, 4) is 0 Å². The Morgan fingerprint density at radius 2 is 1.00 bits per heavy atom. The molecule has 28 heavy (non-hydrogen) atoms. The summed E-state index contributed by atoms with van der Waals surface area (Å²) >= 11 is 0. The van der Waals surface area contributed by atoms with Gasteiger partial charge in [-0.3, -0.25) is 30.3 Å². The van der Waals surface area contributed by atoms with E-state index in [1.165, 1.54) is 71.6 Å². The SMILES string of the molecule is O=[N+]([O-])c1ccc(N(c2ccc([N+](=O)[O-])cc2)c2ccccc2[N+](=O)[O-])cc1. The van der Waals surface area contributed by atoms with Crippen molar-refractivity contribution in [1.29, 1.82) is 0 Å². The smallest absolute Gasteiger partial charge is 0.293 e. The third kappa shape index (κ3) is 3.60. The number of nitro benzene ring substituents is 3. The van der Waals surface area contributed by atoms with E-state index in [-0.39, 0.29) is 22.7 Å². The molecule has 0 aliphatic heterocycles. The Hall–Kier alpha value is -4.34. The molecule has 3 aromatic rings. The zero-order chi connectivity index (χ0) is 20.3. The molecule has 0 fully saturated rings. The summed E-state index contributed by atoms with van der Waals surface area (Å²) in [4.78, 5) is 33.1. The number of hydrogen-bond acceptors (Lipinski definition) is 7. The minimum Gasteiger partial charge on any atom is -0.304 e. The van der Waals surface area contributed by atoms with Crippen LogP contribution < -0.4 is 4.90 Å². The average Bonchev–Trinajstić information content (AvgIpc) is 2.69. The first-order chi connectivity index (χ1) is 13.4. The molecule has 0 radical (unpaired) electrons. The molecule has 3 aromatic carbocycles. The van der Waals surface area contributed by atoms with E-state index in [0.29, 0.717) is 11.4 Å². The quantitative estimate of drug-likeness (QED) is 0.439. The van der Waals surface area contributed by atoms with Crippen LogP contribution in [0.25, 0.3) is 0 Å². The summed E-state index contributed by atoms with van der Waals surface area (Å²) in [5.41, 5.74) is 0.627. The van der Waals surface area contributed by atoms with Gasteiger partial charge in [-0.15, -0.1) is 0 Å². The zero-order valence-electron chi connectivity index (χ0n) is 14.2. The minimum atomic E-state index is -0.551. The maximum atomic E-state index is 11.5. The predicted octanol–water partition coefficient (Wildman–Crippen LogP) is 4.88. The van der Waals surface area contributed by atoms with Crippen LogP contribution in [-0.4, -0.2) is 14.8 Å². The molecular weight excluding hydrogens is 368 g/mol. The molecule has 0 amide bonds. The molecule has 0 saturated carbocycles. The normalized spacial score (nSPS) is 10.3. The summed E-state index contributed by atoms with van der Waals surface area (Å²) in [6, 6.07) is 16.9. The van der Waals surface area contributed by atoms with E-state index in [2.05, 4.69) is 0 Å². The van der Waals surface area contributed by atoms with Crippen molar-refractivity contribution in [2.45, 2.75) is 0 Å². The maximum absolute atomic E-state index is 11.5. The second kappa shape index (κ2) is 7.50. The summed E-state index contributed by atoms with van der Waals surface area (Å²) in [5, 5.41) is 33.3. The van der Waals surface area contributed by atoms with Crippen LogP contribution in [0.5, 0.6) is 0 Å². The maximum Gasteiger partial charge on any atom is 0.293 e. The number of non-ortho nitro benzene ring substituents is 2. The van der Waals surface area contributed by atoms with Crippen LogP contribution in [0.2, 0.25) is 0 Å². The molecule has 10 nitrogen and oxygen atoms in total. The molecule has 0 aromatic heterocycles. The summed E-state index contributed by atoms with van der Waals surface area (Å²) in [6.45, 7) is 0. The van der Waals surface area contributed by atoms with Gasteiger partial charge in [0.1, 0.15) is 5.69 Å². The van der Waals surface area contributed by atoms with Crippen LogP contribution in [0, 0.1) is 30.3 Å². The van der Waals surface area contributed by atoms with Crippen LogP contribution in [-0.2, 0) is 0 Å². The van der Waals surface area contributed by atoms with Gasteiger partial charge in [0.25, 0.3) is 17.1 Å². The second-order valence-corrected chi connectivity index (χ2v) is 5.63. The number of hydrogen-bond donors (Lipinski definition) is 0. The average molecular weight is 380 g/mol. The summed E-state index contributed by atoms with van der Waals surface area (Å²) in [7, 11) is 0. The van der Waals surface area contributed by atoms with Crippen molar-refractivity contribution >= 4 is 34.1 Å². The standard InChI is InChI=1S/C18H12N4O6/c23-20(24)15-9-5-13(6-10-15)19(14-7-11-16(12-8-14)21(25)26)17-3-1-2-4-18(17)22(27)28/h1-12H. The highest BCUT2D eigenvalue weighted by Gasteiger charge is 2.23. The second-order valence-electron chi connectivity index (χ2n) is 5.63. The fourth-order valence-electron chi connectivity index (χ4n) is 2.68. The van der Waals surface area contributed by atoms with Gasteiger partial charge in [0, 0.05) is 41.7 Å². The molecule has 0 heterocycles. The monoisotopic (exact) mass is 380 g/mol. The Bertz CT molecular complexity index is 993. The predicted molar refractivity (Wildman–Crippen MR) is 101 cm³/mol. The first-order valence-electron chi connectivity index (χ1n) is 7.91. The Balaban J connectivity index is 2.18. The van der Waals surface area contributed by atoms with Gasteiger partial charge < -0.3 is 4.90 Å². The molecule has 3 rings (SSSR count). The van der Waals surface area contributed by atoms with Gasteiger partial charge in [-0.05, 0) is 30.3 Å². The van der Waals surface area contributed by atoms with Gasteiger partial charge in [-0.2, -0.15) is 0 Å². The van der Waals surface area contributed by atoms with Crippen LogP contribution in [0.15, 0.2) is 72.8 Å². The van der Waals surface area contributed by atoms with Crippen LogP contribution in [0.4, 0.5) is 34.1 Å². The lowest BCUT2D eigenvalue weighted by atomic mass is 10.1. The van der Waals surface area contributed by atoms with E-state index in [4.69, 9.17) is 0 Å². The molecule has 0 unspecified atom stereocenters. The lowest BCUT2D eigenvalue weighted by Gasteiger charge is -2.24. The molecule has 10 heteroatoms. The van der Waals surface area contributed by atoms with Gasteiger partial charge in [-0.25, -0.2) is 0 Å². The minimum absolute atomic E-state index is 0.130. The molecule has 0 aliphatic rings. The fraction of sp³-hybridized carbons (Fsp3) is 0. The summed E-state index contributed by atoms with van der Waals surface area (Å²) < 4.78 is 0. The fourth-order valence-corrected chi connectivity index (χ4v) is 2.68. The first kappa shape index (κ1) is 18.5.